The fraction of sp³-hybridized carbons (Fsp3) is 0.292. The lowest BCUT2D eigenvalue weighted by Gasteiger charge is -2.26. The summed E-state index contributed by atoms with van der Waals surface area (Å²) in [6, 6.07) is 11.5. The van der Waals surface area contributed by atoms with Crippen molar-refractivity contribution in [3.8, 4) is 11.3 Å². The summed E-state index contributed by atoms with van der Waals surface area (Å²) in [7, 11) is 0. The maximum atomic E-state index is 12.7. The van der Waals surface area contributed by atoms with Gasteiger partial charge in [-0.2, -0.15) is 5.10 Å². The first-order valence-electron chi connectivity index (χ1n) is 11.1. The molecule has 0 bridgehead atoms. The number of benzene rings is 1. The van der Waals surface area contributed by atoms with Gasteiger partial charge in [0.2, 0.25) is 0 Å². The molecule has 0 saturated heterocycles. The van der Waals surface area contributed by atoms with E-state index in [-0.39, 0.29) is 30.4 Å². The first-order chi connectivity index (χ1) is 16.0. The molecule has 1 fully saturated rings. The fourth-order valence-corrected chi connectivity index (χ4v) is 4.37. The molecule has 0 aliphatic heterocycles. The number of aromatic nitrogens is 5. The van der Waals surface area contributed by atoms with E-state index in [0.717, 1.165) is 47.8 Å². The third-order valence-corrected chi connectivity index (χ3v) is 6.18. The Morgan fingerprint density at radius 1 is 1.06 bits per heavy atom. The highest BCUT2D eigenvalue weighted by atomic mass is 35.5. The number of pyridine rings is 1. The molecule has 1 amide bonds. The lowest BCUT2D eigenvalue weighted by atomic mass is 9.92. The third kappa shape index (κ3) is 4.57. The van der Waals surface area contributed by atoms with Gasteiger partial charge in [0.05, 0.1) is 11.4 Å². The van der Waals surface area contributed by atoms with E-state index in [2.05, 4.69) is 20.3 Å². The van der Waals surface area contributed by atoms with Crippen LogP contribution in [0.4, 0.5) is 11.6 Å². The Morgan fingerprint density at radius 2 is 1.79 bits per heavy atom. The zero-order valence-electron chi connectivity index (χ0n) is 18.8. The smallest absolute Gasteiger partial charge is 0.256 e. The lowest BCUT2D eigenvalue weighted by Crippen LogP contribution is -2.28. The van der Waals surface area contributed by atoms with Crippen molar-refractivity contribution in [2.75, 3.05) is 11.1 Å². The highest BCUT2D eigenvalue weighted by Gasteiger charge is 2.25. The van der Waals surface area contributed by atoms with Crippen LogP contribution in [-0.2, 0) is 0 Å². The molecule has 1 aromatic carbocycles. The average molecular weight is 479 g/mol. The minimum absolute atomic E-state index is 0. The van der Waals surface area contributed by atoms with E-state index < -0.39 is 0 Å². The molecule has 1 aliphatic rings. The normalized spacial score (nSPS) is 17.8. The van der Waals surface area contributed by atoms with Gasteiger partial charge in [-0.25, -0.2) is 19.6 Å². The molecule has 1 saturated carbocycles. The lowest BCUT2D eigenvalue weighted by molar-refractivity contribution is 0.102. The van der Waals surface area contributed by atoms with Crippen LogP contribution in [0.5, 0.6) is 0 Å². The number of halogens is 1. The van der Waals surface area contributed by atoms with Gasteiger partial charge >= 0.3 is 0 Å². The van der Waals surface area contributed by atoms with E-state index >= 15 is 0 Å². The summed E-state index contributed by atoms with van der Waals surface area (Å²) in [6.07, 6.45) is 6.97. The number of fused-ring (bicyclic) bond motifs is 1. The van der Waals surface area contributed by atoms with Gasteiger partial charge in [0.1, 0.15) is 23.7 Å². The summed E-state index contributed by atoms with van der Waals surface area (Å²) < 4.78 is 1.97. The molecule has 5 rings (SSSR count). The van der Waals surface area contributed by atoms with Crippen molar-refractivity contribution < 1.29 is 4.79 Å². The molecule has 1 aliphatic carbocycles. The van der Waals surface area contributed by atoms with Crippen LogP contribution in [-0.4, -0.2) is 36.7 Å². The summed E-state index contributed by atoms with van der Waals surface area (Å²) in [5.41, 5.74) is 16.2. The standard InChI is InChI=1S/C24H26N8O.ClH/c1-14-10-11-27-19(12-14)30-24(33)16-4-2-15(3-5-16)21-20-22(26)28-13-29-23(20)32(31-21)18-8-6-17(25)7-9-18;/h2-5,10-13,17-18H,6-9,25H2,1H3,(H2,26,28,29)(H,27,30,33);1H. The molecule has 0 radical (unpaired) electrons. The number of carbonyl (C=O) groups is 1. The minimum Gasteiger partial charge on any atom is -0.383 e. The number of nitrogen functional groups attached to an aromatic ring is 1. The van der Waals surface area contributed by atoms with Gasteiger partial charge < -0.3 is 16.8 Å². The van der Waals surface area contributed by atoms with Crippen molar-refractivity contribution >= 4 is 41.0 Å². The summed E-state index contributed by atoms with van der Waals surface area (Å²) in [4.78, 5) is 25.5. The van der Waals surface area contributed by atoms with E-state index in [1.165, 1.54) is 6.33 Å². The quantitative estimate of drug-likeness (QED) is 0.404. The number of hydrogen-bond donors (Lipinski definition) is 3. The van der Waals surface area contributed by atoms with Crippen LogP contribution in [0.1, 0.15) is 47.6 Å². The number of anilines is 2. The first kappa shape index (κ1) is 23.6. The Labute approximate surface area is 203 Å². The predicted molar refractivity (Wildman–Crippen MR) is 135 cm³/mol. The molecular formula is C24H27ClN8O. The fourth-order valence-electron chi connectivity index (χ4n) is 4.37. The van der Waals surface area contributed by atoms with Gasteiger partial charge in [-0.05, 0) is 62.4 Å². The second-order valence-corrected chi connectivity index (χ2v) is 8.57. The molecule has 5 N–H and O–H groups in total. The Bertz CT molecular complexity index is 1310. The van der Waals surface area contributed by atoms with Crippen molar-refractivity contribution in [3.63, 3.8) is 0 Å². The van der Waals surface area contributed by atoms with E-state index in [4.69, 9.17) is 16.6 Å². The molecule has 176 valence electrons. The topological polar surface area (TPSA) is 138 Å². The van der Waals surface area contributed by atoms with Gasteiger partial charge in [-0.1, -0.05) is 12.1 Å². The van der Waals surface area contributed by atoms with Crippen LogP contribution in [0.3, 0.4) is 0 Å². The number of amides is 1. The van der Waals surface area contributed by atoms with Crippen molar-refractivity contribution in [1.82, 2.24) is 24.7 Å². The van der Waals surface area contributed by atoms with E-state index in [1.807, 2.05) is 35.9 Å². The van der Waals surface area contributed by atoms with Gasteiger partial charge in [0.25, 0.3) is 5.91 Å². The Balaban J connectivity index is 0.00000274. The largest absolute Gasteiger partial charge is 0.383 e. The number of rotatable bonds is 4. The van der Waals surface area contributed by atoms with Crippen molar-refractivity contribution in [2.24, 2.45) is 5.73 Å². The molecule has 0 unspecified atom stereocenters. The highest BCUT2D eigenvalue weighted by Crippen LogP contribution is 2.35. The zero-order chi connectivity index (χ0) is 22.9. The van der Waals surface area contributed by atoms with Gasteiger partial charge in [0, 0.05) is 23.4 Å². The molecule has 10 heteroatoms. The summed E-state index contributed by atoms with van der Waals surface area (Å²) >= 11 is 0. The summed E-state index contributed by atoms with van der Waals surface area (Å²) in [6.45, 7) is 1.95. The number of nitrogens with two attached hydrogens (primary N) is 2. The zero-order valence-corrected chi connectivity index (χ0v) is 19.6. The van der Waals surface area contributed by atoms with Crippen LogP contribution in [0.2, 0.25) is 0 Å². The molecule has 3 aromatic heterocycles. The molecular weight excluding hydrogens is 452 g/mol. The van der Waals surface area contributed by atoms with Crippen LogP contribution in [0.25, 0.3) is 22.3 Å². The summed E-state index contributed by atoms with van der Waals surface area (Å²) in [5.74, 6) is 0.684. The predicted octanol–water partition coefficient (Wildman–Crippen LogP) is 3.90. The number of carbonyl (C=O) groups excluding carboxylic acids is 1. The average Bonchev–Trinajstić information content (AvgIpc) is 3.21. The second kappa shape index (κ2) is 9.74. The number of aryl methyl sites for hydroxylation is 1. The SMILES string of the molecule is Cc1ccnc(NC(=O)c2ccc(-c3nn(C4CCC(N)CC4)c4ncnc(N)c34)cc2)c1.Cl. The molecule has 9 nitrogen and oxygen atoms in total. The van der Waals surface area contributed by atoms with Crippen LogP contribution >= 0.6 is 12.4 Å². The van der Waals surface area contributed by atoms with Crippen molar-refractivity contribution in [1.29, 1.82) is 0 Å². The van der Waals surface area contributed by atoms with Gasteiger partial charge in [-0.15, -0.1) is 12.4 Å². The van der Waals surface area contributed by atoms with E-state index in [9.17, 15) is 4.79 Å². The van der Waals surface area contributed by atoms with E-state index in [0.29, 0.717) is 22.9 Å². The highest BCUT2D eigenvalue weighted by molar-refractivity contribution is 6.04. The van der Waals surface area contributed by atoms with E-state index in [1.54, 1.807) is 18.3 Å². The Hall–Kier alpha value is -3.56. The van der Waals surface area contributed by atoms with Crippen LogP contribution in [0, 0.1) is 6.92 Å². The molecule has 0 spiro atoms. The number of nitrogens with zero attached hydrogens (tertiary/aromatic N) is 5. The molecule has 4 aromatic rings. The monoisotopic (exact) mass is 478 g/mol. The summed E-state index contributed by atoms with van der Waals surface area (Å²) in [5, 5.41) is 8.46. The van der Waals surface area contributed by atoms with Gasteiger partial charge in [0.15, 0.2) is 5.65 Å². The molecule has 3 heterocycles. The first-order valence-corrected chi connectivity index (χ1v) is 11.1. The maximum Gasteiger partial charge on any atom is 0.256 e. The number of hydrogen-bond acceptors (Lipinski definition) is 7. The second-order valence-electron chi connectivity index (χ2n) is 8.57. The third-order valence-electron chi connectivity index (χ3n) is 6.18. The minimum atomic E-state index is -0.226. The molecule has 0 atom stereocenters. The Morgan fingerprint density at radius 3 is 2.50 bits per heavy atom. The molecule has 34 heavy (non-hydrogen) atoms. The van der Waals surface area contributed by atoms with Crippen LogP contribution < -0.4 is 16.8 Å². The van der Waals surface area contributed by atoms with Crippen molar-refractivity contribution in [2.45, 2.75) is 44.7 Å². The maximum absolute atomic E-state index is 12.7. The van der Waals surface area contributed by atoms with Crippen molar-refractivity contribution in [3.05, 3.63) is 60.0 Å². The Kier molecular flexibility index (Phi) is 6.76. The van der Waals surface area contributed by atoms with Crippen LogP contribution in [0.15, 0.2) is 48.9 Å². The van der Waals surface area contributed by atoms with Gasteiger partial charge in [-0.3, -0.25) is 4.79 Å². The number of nitrogens with one attached hydrogen (secondary N) is 1.